The number of thioether (sulfide) groups is 1. The first kappa shape index (κ1) is 23.7. The highest BCUT2D eigenvalue weighted by molar-refractivity contribution is 7.99. The van der Waals surface area contributed by atoms with Gasteiger partial charge in [-0.15, -0.1) is 10.2 Å². The SMILES string of the molecule is CCn1c(CCCOc2ccc(Cl)cc2Cl)nnc1SCC(=O)Nc1ccccc1Cl. The predicted molar refractivity (Wildman–Crippen MR) is 127 cm³/mol. The van der Waals surface area contributed by atoms with Crippen LogP contribution in [0.1, 0.15) is 19.2 Å². The molecule has 1 N–H and O–H groups in total. The van der Waals surface area contributed by atoms with Crippen molar-refractivity contribution in [1.82, 2.24) is 14.8 Å². The number of hydrogen-bond acceptors (Lipinski definition) is 5. The Hall–Kier alpha value is -1.93. The third-order valence-corrected chi connectivity index (χ3v) is 6.11. The van der Waals surface area contributed by atoms with Gasteiger partial charge in [0.15, 0.2) is 5.16 Å². The number of halogens is 3. The molecule has 0 atom stereocenters. The van der Waals surface area contributed by atoms with Gasteiger partial charge in [0, 0.05) is 18.0 Å². The summed E-state index contributed by atoms with van der Waals surface area (Å²) < 4.78 is 7.72. The first-order chi connectivity index (χ1) is 15.0. The Kier molecular flexibility index (Phi) is 8.90. The fraction of sp³-hybridized carbons (Fsp3) is 0.286. The zero-order valence-electron chi connectivity index (χ0n) is 16.8. The molecular formula is C21H21Cl3N4O2S. The fourth-order valence-corrected chi connectivity index (χ4v) is 4.28. The number of carbonyl (C=O) groups excluding carboxylic acids is 1. The van der Waals surface area contributed by atoms with E-state index < -0.39 is 0 Å². The van der Waals surface area contributed by atoms with Gasteiger partial charge in [-0.05, 0) is 43.7 Å². The van der Waals surface area contributed by atoms with Gasteiger partial charge in [0.25, 0.3) is 0 Å². The molecule has 0 unspecified atom stereocenters. The van der Waals surface area contributed by atoms with E-state index in [1.165, 1.54) is 11.8 Å². The molecule has 6 nitrogen and oxygen atoms in total. The minimum atomic E-state index is -0.154. The summed E-state index contributed by atoms with van der Waals surface area (Å²) in [5.74, 6) is 1.51. The van der Waals surface area contributed by atoms with E-state index in [-0.39, 0.29) is 11.7 Å². The lowest BCUT2D eigenvalue weighted by molar-refractivity contribution is -0.113. The van der Waals surface area contributed by atoms with Crippen molar-refractivity contribution in [1.29, 1.82) is 0 Å². The molecule has 1 aromatic heterocycles. The molecule has 164 valence electrons. The summed E-state index contributed by atoms with van der Waals surface area (Å²) in [7, 11) is 0. The Morgan fingerprint density at radius 1 is 1.13 bits per heavy atom. The highest BCUT2D eigenvalue weighted by Crippen LogP contribution is 2.27. The van der Waals surface area contributed by atoms with E-state index in [4.69, 9.17) is 39.5 Å². The van der Waals surface area contributed by atoms with E-state index in [0.717, 1.165) is 12.2 Å². The molecule has 3 aromatic rings. The van der Waals surface area contributed by atoms with Crippen LogP contribution in [0, 0.1) is 0 Å². The van der Waals surface area contributed by atoms with Crippen LogP contribution in [0.2, 0.25) is 15.1 Å². The molecule has 10 heteroatoms. The number of aryl methyl sites for hydroxylation is 1. The van der Waals surface area contributed by atoms with Crippen LogP contribution in [0.25, 0.3) is 0 Å². The van der Waals surface area contributed by atoms with E-state index in [9.17, 15) is 4.79 Å². The third kappa shape index (κ3) is 6.77. The molecule has 0 saturated heterocycles. The topological polar surface area (TPSA) is 69.0 Å². The molecule has 0 radical (unpaired) electrons. The number of nitrogens with one attached hydrogen (secondary N) is 1. The number of nitrogens with zero attached hydrogens (tertiary/aromatic N) is 3. The van der Waals surface area contributed by atoms with Crippen molar-refractivity contribution < 1.29 is 9.53 Å². The van der Waals surface area contributed by atoms with Gasteiger partial charge in [-0.2, -0.15) is 0 Å². The summed E-state index contributed by atoms with van der Waals surface area (Å²) in [5, 5.41) is 13.6. The summed E-state index contributed by atoms with van der Waals surface area (Å²) in [4.78, 5) is 12.3. The molecule has 0 spiro atoms. The highest BCUT2D eigenvalue weighted by Gasteiger charge is 2.14. The lowest BCUT2D eigenvalue weighted by Gasteiger charge is -2.10. The second kappa shape index (κ2) is 11.6. The van der Waals surface area contributed by atoms with Gasteiger partial charge in [0.1, 0.15) is 11.6 Å². The second-order valence-electron chi connectivity index (χ2n) is 6.49. The molecule has 1 heterocycles. The van der Waals surface area contributed by atoms with E-state index in [0.29, 0.717) is 51.2 Å². The van der Waals surface area contributed by atoms with Crippen LogP contribution in [0.4, 0.5) is 5.69 Å². The van der Waals surface area contributed by atoms with Gasteiger partial charge in [-0.1, -0.05) is 58.7 Å². The van der Waals surface area contributed by atoms with Gasteiger partial charge >= 0.3 is 0 Å². The van der Waals surface area contributed by atoms with Crippen LogP contribution in [-0.2, 0) is 17.8 Å². The van der Waals surface area contributed by atoms with Crippen LogP contribution in [0.3, 0.4) is 0 Å². The zero-order chi connectivity index (χ0) is 22.2. The molecule has 0 aliphatic carbocycles. The number of aromatic nitrogens is 3. The molecule has 2 aromatic carbocycles. The summed E-state index contributed by atoms with van der Waals surface area (Å²) in [6.45, 7) is 3.21. The van der Waals surface area contributed by atoms with Crippen LogP contribution in [0.5, 0.6) is 5.75 Å². The lowest BCUT2D eigenvalue weighted by Crippen LogP contribution is -2.15. The number of ether oxygens (including phenoxy) is 1. The predicted octanol–water partition coefficient (Wildman–Crippen LogP) is 6.00. The van der Waals surface area contributed by atoms with Gasteiger partial charge in [0.2, 0.25) is 5.91 Å². The van der Waals surface area contributed by atoms with Crippen molar-refractivity contribution in [2.24, 2.45) is 0 Å². The maximum Gasteiger partial charge on any atom is 0.234 e. The maximum atomic E-state index is 12.3. The average molecular weight is 500 g/mol. The van der Waals surface area contributed by atoms with Gasteiger partial charge < -0.3 is 14.6 Å². The van der Waals surface area contributed by atoms with Crippen LogP contribution >= 0.6 is 46.6 Å². The number of amides is 1. The number of benzene rings is 2. The monoisotopic (exact) mass is 498 g/mol. The number of anilines is 1. The number of rotatable bonds is 10. The first-order valence-electron chi connectivity index (χ1n) is 9.65. The van der Waals surface area contributed by atoms with Gasteiger partial charge in [-0.25, -0.2) is 0 Å². The van der Waals surface area contributed by atoms with Crippen molar-refractivity contribution in [3.8, 4) is 5.75 Å². The lowest BCUT2D eigenvalue weighted by atomic mass is 10.3. The summed E-state index contributed by atoms with van der Waals surface area (Å²) in [5.41, 5.74) is 0.591. The third-order valence-electron chi connectivity index (χ3n) is 4.29. The zero-order valence-corrected chi connectivity index (χ0v) is 19.9. The number of hydrogen-bond donors (Lipinski definition) is 1. The summed E-state index contributed by atoms with van der Waals surface area (Å²) in [6, 6.07) is 12.3. The molecule has 0 fully saturated rings. The first-order valence-corrected chi connectivity index (χ1v) is 11.8. The van der Waals surface area contributed by atoms with E-state index in [2.05, 4.69) is 15.5 Å². The smallest absolute Gasteiger partial charge is 0.234 e. The van der Waals surface area contributed by atoms with Gasteiger partial charge in [0.05, 0.1) is 28.1 Å². The Balaban J connectivity index is 1.49. The highest BCUT2D eigenvalue weighted by atomic mass is 35.5. The van der Waals surface area contributed by atoms with Crippen molar-refractivity contribution in [3.63, 3.8) is 0 Å². The summed E-state index contributed by atoms with van der Waals surface area (Å²) >= 11 is 19.4. The maximum absolute atomic E-state index is 12.3. The van der Waals surface area contributed by atoms with E-state index >= 15 is 0 Å². The van der Waals surface area contributed by atoms with Crippen LogP contribution in [0.15, 0.2) is 47.6 Å². The number of carbonyl (C=O) groups is 1. The molecule has 1 amide bonds. The standard InChI is InChI=1S/C21H21Cl3N4O2S/c1-2-28-19(8-5-11-30-18-10-9-14(22)12-16(18)24)26-27-21(28)31-13-20(29)25-17-7-4-3-6-15(17)23/h3-4,6-7,9-10,12H,2,5,8,11,13H2,1H3,(H,25,29). The van der Waals surface area contributed by atoms with Crippen molar-refractivity contribution in [2.75, 3.05) is 17.7 Å². The average Bonchev–Trinajstić information content (AvgIpc) is 3.14. The fourth-order valence-electron chi connectivity index (χ4n) is 2.81. The Morgan fingerprint density at radius 2 is 1.94 bits per heavy atom. The summed E-state index contributed by atoms with van der Waals surface area (Å²) in [6.07, 6.45) is 1.44. The normalized spacial score (nSPS) is 10.8. The second-order valence-corrected chi connectivity index (χ2v) is 8.68. The van der Waals surface area contributed by atoms with Gasteiger partial charge in [-0.3, -0.25) is 4.79 Å². The van der Waals surface area contributed by atoms with E-state index in [1.54, 1.807) is 30.3 Å². The molecule has 0 aliphatic heterocycles. The largest absolute Gasteiger partial charge is 0.492 e. The molecule has 3 rings (SSSR count). The minimum absolute atomic E-state index is 0.154. The molecule has 0 saturated carbocycles. The van der Waals surface area contributed by atoms with Crippen molar-refractivity contribution >= 4 is 58.2 Å². The molecule has 0 bridgehead atoms. The van der Waals surface area contributed by atoms with Crippen LogP contribution in [-0.4, -0.2) is 33.0 Å². The van der Waals surface area contributed by atoms with Crippen molar-refractivity contribution in [2.45, 2.75) is 31.5 Å². The number of para-hydroxylation sites is 1. The Labute approximate surface area is 200 Å². The quantitative estimate of drug-likeness (QED) is 0.274. The van der Waals surface area contributed by atoms with Crippen LogP contribution < -0.4 is 10.1 Å². The van der Waals surface area contributed by atoms with Crippen molar-refractivity contribution in [3.05, 3.63) is 63.4 Å². The molecule has 31 heavy (non-hydrogen) atoms. The Morgan fingerprint density at radius 3 is 2.68 bits per heavy atom. The molecule has 0 aliphatic rings. The minimum Gasteiger partial charge on any atom is -0.492 e. The molecular weight excluding hydrogens is 479 g/mol. The Bertz CT molecular complexity index is 1050. The van der Waals surface area contributed by atoms with E-state index in [1.807, 2.05) is 23.6 Å².